The molecule has 0 aromatic heterocycles. The van der Waals surface area contributed by atoms with Crippen LogP contribution in [0.3, 0.4) is 0 Å². The molecule has 2 aromatic carbocycles. The van der Waals surface area contributed by atoms with Crippen molar-refractivity contribution >= 4 is 37.7 Å². The molecule has 192 valence electrons. The Morgan fingerprint density at radius 1 is 1.03 bits per heavy atom. The smallest absolute Gasteiger partial charge is 0.243 e. The lowest BCUT2D eigenvalue weighted by atomic mass is 10.3. The van der Waals surface area contributed by atoms with E-state index in [0.29, 0.717) is 32.1 Å². The summed E-state index contributed by atoms with van der Waals surface area (Å²) in [6, 6.07) is 12.5. The number of benzene rings is 2. The summed E-state index contributed by atoms with van der Waals surface area (Å²) in [7, 11) is -6.01. The van der Waals surface area contributed by atoms with Crippen LogP contribution in [0, 0.1) is 0 Å². The fourth-order valence-corrected chi connectivity index (χ4v) is 6.22. The lowest BCUT2D eigenvalue weighted by Crippen LogP contribution is -2.40. The standard InChI is InChI=1S/C22H29N3O7S3/c1-24(34(27,28)20-9-5-19(33-2)6-10-20)17-22(26)23-11-14-32-18-3-7-21(8-4-18)35(29,30)25-12-15-31-16-13-25/h3-10H,11-17H2,1-2H3,(H,23,26). The Kier molecular flexibility index (Phi) is 9.55. The summed E-state index contributed by atoms with van der Waals surface area (Å²) in [5.41, 5.74) is 0. The van der Waals surface area contributed by atoms with E-state index in [0.717, 1.165) is 9.20 Å². The highest BCUT2D eigenvalue weighted by molar-refractivity contribution is 7.98. The summed E-state index contributed by atoms with van der Waals surface area (Å²) in [6.07, 6.45) is 1.90. The largest absolute Gasteiger partial charge is 0.492 e. The first-order chi connectivity index (χ1) is 16.6. The van der Waals surface area contributed by atoms with Gasteiger partial charge in [-0.05, 0) is 54.8 Å². The molecule has 2 aromatic rings. The fraction of sp³-hybridized carbons (Fsp3) is 0.409. The van der Waals surface area contributed by atoms with Crippen molar-refractivity contribution in [3.8, 4) is 5.75 Å². The van der Waals surface area contributed by atoms with Crippen LogP contribution in [0.2, 0.25) is 0 Å². The van der Waals surface area contributed by atoms with Gasteiger partial charge >= 0.3 is 0 Å². The number of rotatable bonds is 11. The van der Waals surface area contributed by atoms with E-state index in [1.165, 1.54) is 47.4 Å². The first-order valence-electron chi connectivity index (χ1n) is 10.8. The Bertz CT molecular complexity index is 1200. The number of likely N-dealkylation sites (N-methyl/N-ethyl adjacent to an activating group) is 1. The van der Waals surface area contributed by atoms with E-state index in [4.69, 9.17) is 9.47 Å². The minimum atomic E-state index is -3.78. The fourth-order valence-electron chi connectivity index (χ4n) is 3.27. The molecule has 0 bridgehead atoms. The third-order valence-electron chi connectivity index (χ3n) is 5.26. The summed E-state index contributed by atoms with van der Waals surface area (Å²) < 4.78 is 63.7. The van der Waals surface area contributed by atoms with Gasteiger partial charge in [0.2, 0.25) is 26.0 Å². The van der Waals surface area contributed by atoms with Crippen molar-refractivity contribution in [1.82, 2.24) is 13.9 Å². The normalized spacial score (nSPS) is 15.2. The van der Waals surface area contributed by atoms with Crippen molar-refractivity contribution in [3.05, 3.63) is 48.5 Å². The van der Waals surface area contributed by atoms with E-state index in [-0.39, 0.29) is 29.5 Å². The second-order valence-corrected chi connectivity index (χ2v) is 12.5. The lowest BCUT2D eigenvalue weighted by Gasteiger charge is -2.26. The second-order valence-electron chi connectivity index (χ2n) is 7.62. The molecule has 0 saturated carbocycles. The zero-order valence-corrected chi connectivity index (χ0v) is 22.0. The maximum Gasteiger partial charge on any atom is 0.243 e. The molecule has 1 N–H and O–H groups in total. The van der Waals surface area contributed by atoms with Crippen LogP contribution in [0.4, 0.5) is 0 Å². The number of carbonyl (C=O) groups is 1. The van der Waals surface area contributed by atoms with Gasteiger partial charge in [0, 0.05) is 25.0 Å². The minimum absolute atomic E-state index is 0.119. The lowest BCUT2D eigenvalue weighted by molar-refractivity contribution is -0.121. The molecule has 1 amide bonds. The minimum Gasteiger partial charge on any atom is -0.492 e. The maximum atomic E-state index is 12.6. The van der Waals surface area contributed by atoms with Crippen molar-refractivity contribution in [3.63, 3.8) is 0 Å². The highest BCUT2D eigenvalue weighted by atomic mass is 32.2. The first kappa shape index (κ1) is 27.4. The topological polar surface area (TPSA) is 122 Å². The molecule has 10 nitrogen and oxygen atoms in total. The molecule has 1 fully saturated rings. The molecular formula is C22H29N3O7S3. The summed E-state index contributed by atoms with van der Waals surface area (Å²) in [6.45, 7) is 1.35. The average Bonchev–Trinajstić information content (AvgIpc) is 2.87. The zero-order chi connectivity index (χ0) is 25.5. The molecule has 0 aliphatic carbocycles. The van der Waals surface area contributed by atoms with Crippen LogP contribution in [0.15, 0.2) is 63.2 Å². The molecule has 35 heavy (non-hydrogen) atoms. The van der Waals surface area contributed by atoms with Gasteiger partial charge in [0.15, 0.2) is 0 Å². The third-order valence-corrected chi connectivity index (χ3v) is 9.73. The number of morpholine rings is 1. The molecule has 1 aliphatic rings. The Hall–Kier alpha value is -2.16. The van der Waals surface area contributed by atoms with Gasteiger partial charge in [-0.15, -0.1) is 11.8 Å². The highest BCUT2D eigenvalue weighted by Gasteiger charge is 2.26. The van der Waals surface area contributed by atoms with Gasteiger partial charge < -0.3 is 14.8 Å². The van der Waals surface area contributed by atoms with Crippen molar-refractivity contribution in [2.75, 3.05) is 59.3 Å². The van der Waals surface area contributed by atoms with E-state index >= 15 is 0 Å². The molecule has 3 rings (SSSR count). The van der Waals surface area contributed by atoms with E-state index in [1.54, 1.807) is 24.3 Å². The van der Waals surface area contributed by atoms with Crippen molar-refractivity contribution < 1.29 is 31.1 Å². The Labute approximate surface area is 210 Å². The SMILES string of the molecule is CSc1ccc(S(=O)(=O)N(C)CC(=O)NCCOc2ccc(S(=O)(=O)N3CCOCC3)cc2)cc1. The third kappa shape index (κ3) is 7.18. The quantitative estimate of drug-likeness (QED) is 0.332. The van der Waals surface area contributed by atoms with Gasteiger partial charge in [-0.25, -0.2) is 16.8 Å². The Balaban J connectivity index is 1.44. The molecule has 13 heteroatoms. The number of sulfonamides is 2. The predicted molar refractivity (Wildman–Crippen MR) is 133 cm³/mol. The van der Waals surface area contributed by atoms with Crippen molar-refractivity contribution in [2.45, 2.75) is 14.7 Å². The van der Waals surface area contributed by atoms with Crippen LogP contribution in [0.1, 0.15) is 0 Å². The first-order valence-corrected chi connectivity index (χ1v) is 14.9. The number of nitrogens with one attached hydrogen (secondary N) is 1. The maximum absolute atomic E-state index is 12.6. The van der Waals surface area contributed by atoms with E-state index < -0.39 is 26.0 Å². The molecule has 0 radical (unpaired) electrons. The monoisotopic (exact) mass is 543 g/mol. The number of hydrogen-bond acceptors (Lipinski definition) is 8. The number of amides is 1. The van der Waals surface area contributed by atoms with Crippen LogP contribution >= 0.6 is 11.8 Å². The molecule has 1 aliphatic heterocycles. The number of ether oxygens (including phenoxy) is 2. The van der Waals surface area contributed by atoms with E-state index in [2.05, 4.69) is 5.32 Å². The van der Waals surface area contributed by atoms with Crippen LogP contribution in [-0.4, -0.2) is 90.7 Å². The van der Waals surface area contributed by atoms with Crippen LogP contribution < -0.4 is 10.1 Å². The molecule has 0 atom stereocenters. The number of hydrogen-bond donors (Lipinski definition) is 1. The van der Waals surface area contributed by atoms with Gasteiger partial charge in [-0.1, -0.05) is 0 Å². The predicted octanol–water partition coefficient (Wildman–Crippen LogP) is 1.25. The molecule has 0 unspecified atom stereocenters. The highest BCUT2D eigenvalue weighted by Crippen LogP contribution is 2.21. The van der Waals surface area contributed by atoms with Crippen LogP contribution in [0.5, 0.6) is 5.75 Å². The van der Waals surface area contributed by atoms with Crippen molar-refractivity contribution in [1.29, 1.82) is 0 Å². The number of carbonyl (C=O) groups excluding carboxylic acids is 1. The summed E-state index contributed by atoms with van der Waals surface area (Å²) in [4.78, 5) is 13.4. The van der Waals surface area contributed by atoms with Crippen LogP contribution in [-0.2, 0) is 29.6 Å². The number of nitrogens with zero attached hydrogens (tertiary/aromatic N) is 2. The van der Waals surface area contributed by atoms with Gasteiger partial charge in [0.05, 0.1) is 36.1 Å². The molecule has 0 spiro atoms. The number of thioether (sulfide) groups is 1. The summed E-state index contributed by atoms with van der Waals surface area (Å²) in [5, 5.41) is 2.62. The summed E-state index contributed by atoms with van der Waals surface area (Å²) >= 11 is 1.51. The Morgan fingerprint density at radius 2 is 1.63 bits per heavy atom. The van der Waals surface area contributed by atoms with E-state index in [1.807, 2.05) is 6.26 Å². The van der Waals surface area contributed by atoms with E-state index in [9.17, 15) is 21.6 Å². The van der Waals surface area contributed by atoms with Gasteiger partial charge in [0.1, 0.15) is 12.4 Å². The Morgan fingerprint density at radius 3 is 2.23 bits per heavy atom. The van der Waals surface area contributed by atoms with Gasteiger partial charge in [-0.2, -0.15) is 8.61 Å². The molecular weight excluding hydrogens is 514 g/mol. The summed E-state index contributed by atoms with van der Waals surface area (Å²) in [5.74, 6) is -0.0130. The van der Waals surface area contributed by atoms with Gasteiger partial charge in [-0.3, -0.25) is 4.79 Å². The molecule has 1 heterocycles. The van der Waals surface area contributed by atoms with Crippen LogP contribution in [0.25, 0.3) is 0 Å². The zero-order valence-electron chi connectivity index (χ0n) is 19.5. The van der Waals surface area contributed by atoms with Crippen molar-refractivity contribution in [2.24, 2.45) is 0 Å². The molecule has 1 saturated heterocycles. The van der Waals surface area contributed by atoms with Gasteiger partial charge in [0.25, 0.3) is 0 Å². The second kappa shape index (κ2) is 12.2. The average molecular weight is 544 g/mol.